The van der Waals surface area contributed by atoms with Gasteiger partial charge in [-0.2, -0.15) is 0 Å². The zero-order valence-corrected chi connectivity index (χ0v) is 14.4. The van der Waals surface area contributed by atoms with E-state index in [0.717, 1.165) is 37.8 Å². The van der Waals surface area contributed by atoms with Gasteiger partial charge in [-0.3, -0.25) is 14.8 Å². The predicted molar refractivity (Wildman–Crippen MR) is 95.2 cm³/mol. The van der Waals surface area contributed by atoms with Gasteiger partial charge in [0, 0.05) is 56.2 Å². The molecule has 0 aromatic carbocycles. The molecule has 0 spiro atoms. The number of nitrogens with zero attached hydrogens (tertiary/aromatic N) is 4. The van der Waals surface area contributed by atoms with Crippen LogP contribution >= 0.6 is 0 Å². The Hall–Kier alpha value is -2.64. The minimum Gasteiger partial charge on any atom is -0.357 e. The molecule has 8 heteroatoms. The molecule has 25 heavy (non-hydrogen) atoms. The minimum atomic E-state index is -0.455. The molecule has 2 N–H and O–H groups in total. The molecule has 0 radical (unpaired) electrons. The summed E-state index contributed by atoms with van der Waals surface area (Å²) in [6.07, 6.45) is 1.83. The fourth-order valence-electron chi connectivity index (χ4n) is 3.82. The fraction of sp³-hybridized carbons (Fsp3) is 0.529. The van der Waals surface area contributed by atoms with Gasteiger partial charge < -0.3 is 9.80 Å². The molecule has 2 saturated heterocycles. The Labute approximate surface area is 144 Å². The lowest BCUT2D eigenvalue weighted by Crippen LogP contribution is -2.32. The third-order valence-electron chi connectivity index (χ3n) is 5.07. The third-order valence-corrected chi connectivity index (χ3v) is 5.07. The summed E-state index contributed by atoms with van der Waals surface area (Å²) in [5, 5.41) is 0. The number of hydrogen-bond donors (Lipinski definition) is 2. The Bertz CT molecular complexity index is 847. The first kappa shape index (κ1) is 15.9. The summed E-state index contributed by atoms with van der Waals surface area (Å²) in [5.41, 5.74) is -0.817. The maximum Gasteiger partial charge on any atom is 0.327 e. The van der Waals surface area contributed by atoms with Crippen molar-refractivity contribution in [3.63, 3.8) is 0 Å². The maximum atomic E-state index is 11.5. The van der Waals surface area contributed by atoms with Crippen LogP contribution in [0.15, 0.2) is 27.9 Å². The monoisotopic (exact) mass is 342 g/mol. The van der Waals surface area contributed by atoms with E-state index in [1.54, 1.807) is 0 Å². The largest absolute Gasteiger partial charge is 0.357 e. The van der Waals surface area contributed by atoms with E-state index in [0.29, 0.717) is 23.6 Å². The van der Waals surface area contributed by atoms with E-state index in [4.69, 9.17) is 4.98 Å². The highest BCUT2D eigenvalue weighted by Gasteiger charge is 2.40. The van der Waals surface area contributed by atoms with Crippen LogP contribution in [0.2, 0.25) is 0 Å². The average Bonchev–Trinajstić information content (AvgIpc) is 3.13. The molecule has 2 aliphatic heterocycles. The molecule has 2 aromatic heterocycles. The molecule has 132 valence electrons. The first-order chi connectivity index (χ1) is 12.0. The van der Waals surface area contributed by atoms with Crippen molar-refractivity contribution in [3.8, 4) is 0 Å². The molecular formula is C17H22N6O2. The maximum absolute atomic E-state index is 11.5. The molecule has 4 rings (SSSR count). The highest BCUT2D eigenvalue weighted by atomic mass is 16.2. The van der Waals surface area contributed by atoms with Gasteiger partial charge in [-0.25, -0.2) is 14.8 Å². The lowest BCUT2D eigenvalue weighted by Gasteiger charge is -2.23. The van der Waals surface area contributed by atoms with Crippen LogP contribution in [0, 0.1) is 11.8 Å². The fourth-order valence-corrected chi connectivity index (χ4v) is 3.82. The number of H-pyrrole nitrogens is 2. The van der Waals surface area contributed by atoms with Gasteiger partial charge >= 0.3 is 5.69 Å². The first-order valence-electron chi connectivity index (χ1n) is 8.66. The Morgan fingerprint density at radius 3 is 2.40 bits per heavy atom. The Kier molecular flexibility index (Phi) is 3.82. The van der Waals surface area contributed by atoms with Crippen LogP contribution < -0.4 is 21.0 Å². The first-order valence-corrected chi connectivity index (χ1v) is 8.66. The van der Waals surface area contributed by atoms with Gasteiger partial charge in [0.05, 0.1) is 0 Å². The highest BCUT2D eigenvalue weighted by molar-refractivity contribution is 5.44. The predicted octanol–water partition coefficient (Wildman–Crippen LogP) is 0.549. The quantitative estimate of drug-likeness (QED) is 0.845. The van der Waals surface area contributed by atoms with Crippen LogP contribution in [0.1, 0.15) is 25.6 Å². The lowest BCUT2D eigenvalue weighted by atomic mass is 10.0. The van der Waals surface area contributed by atoms with Gasteiger partial charge in [0.1, 0.15) is 17.5 Å². The molecular weight excluding hydrogens is 320 g/mol. The second-order valence-electron chi connectivity index (χ2n) is 7.23. The van der Waals surface area contributed by atoms with Crippen LogP contribution in [0.3, 0.4) is 0 Å². The average molecular weight is 342 g/mol. The second kappa shape index (κ2) is 6.02. The van der Waals surface area contributed by atoms with Gasteiger partial charge in [0.25, 0.3) is 5.56 Å². The van der Waals surface area contributed by atoms with E-state index in [1.807, 2.05) is 12.3 Å². The van der Waals surface area contributed by atoms with E-state index in [1.165, 1.54) is 6.07 Å². The van der Waals surface area contributed by atoms with Crippen LogP contribution in [0.4, 0.5) is 11.6 Å². The smallest absolute Gasteiger partial charge is 0.327 e. The van der Waals surface area contributed by atoms with Crippen molar-refractivity contribution in [3.05, 3.63) is 45.0 Å². The summed E-state index contributed by atoms with van der Waals surface area (Å²) in [4.78, 5) is 41.4. The Morgan fingerprint density at radius 2 is 1.76 bits per heavy atom. The zero-order chi connectivity index (χ0) is 17.6. The normalized spacial score (nSPS) is 22.7. The summed E-state index contributed by atoms with van der Waals surface area (Å²) in [7, 11) is 0. The molecule has 2 aliphatic rings. The van der Waals surface area contributed by atoms with E-state index in [2.05, 4.69) is 38.6 Å². The standard InChI is InChI=1S/C17H22N6O2/c1-10(2)16-18-4-3-13(19-16)22-6-11-8-23(9-12(11)7-22)14-5-15(24)21-17(25)20-14/h3-5,10-12H,6-9H2,1-2H3,(H2,20,21,24,25). The SMILES string of the molecule is CC(C)c1nccc(N2CC3CN(c4cc(=O)[nH]c(=O)[nH]4)CC3C2)n1. The van der Waals surface area contributed by atoms with E-state index < -0.39 is 5.69 Å². The topological polar surface area (TPSA) is 98.0 Å². The molecule has 4 heterocycles. The summed E-state index contributed by atoms with van der Waals surface area (Å²) < 4.78 is 0. The molecule has 0 saturated carbocycles. The summed E-state index contributed by atoms with van der Waals surface area (Å²) in [5.74, 6) is 3.78. The Balaban J connectivity index is 1.48. The number of aromatic nitrogens is 4. The van der Waals surface area contributed by atoms with E-state index in [-0.39, 0.29) is 5.56 Å². The molecule has 2 atom stereocenters. The van der Waals surface area contributed by atoms with Crippen molar-refractivity contribution in [1.82, 2.24) is 19.9 Å². The number of anilines is 2. The van der Waals surface area contributed by atoms with Crippen molar-refractivity contribution in [2.45, 2.75) is 19.8 Å². The van der Waals surface area contributed by atoms with E-state index in [9.17, 15) is 9.59 Å². The number of nitrogens with one attached hydrogen (secondary N) is 2. The molecule has 2 fully saturated rings. The van der Waals surface area contributed by atoms with Crippen molar-refractivity contribution < 1.29 is 0 Å². The van der Waals surface area contributed by atoms with Crippen molar-refractivity contribution in [2.75, 3.05) is 36.0 Å². The van der Waals surface area contributed by atoms with Crippen LogP contribution in [0.25, 0.3) is 0 Å². The van der Waals surface area contributed by atoms with Crippen LogP contribution in [-0.4, -0.2) is 46.1 Å². The molecule has 0 aliphatic carbocycles. The third kappa shape index (κ3) is 3.04. The number of fused-ring (bicyclic) bond motifs is 1. The van der Waals surface area contributed by atoms with Crippen molar-refractivity contribution >= 4 is 11.6 Å². The van der Waals surface area contributed by atoms with Crippen molar-refractivity contribution in [1.29, 1.82) is 0 Å². The van der Waals surface area contributed by atoms with Gasteiger partial charge in [-0.15, -0.1) is 0 Å². The number of rotatable bonds is 3. The molecule has 8 nitrogen and oxygen atoms in total. The number of aromatic amines is 2. The van der Waals surface area contributed by atoms with Gasteiger partial charge in [0.15, 0.2) is 0 Å². The van der Waals surface area contributed by atoms with Crippen LogP contribution in [0.5, 0.6) is 0 Å². The Morgan fingerprint density at radius 1 is 1.08 bits per heavy atom. The lowest BCUT2D eigenvalue weighted by molar-refractivity contribution is 0.533. The summed E-state index contributed by atoms with van der Waals surface area (Å²) in [6.45, 7) is 7.73. The highest BCUT2D eigenvalue weighted by Crippen LogP contribution is 2.34. The zero-order valence-electron chi connectivity index (χ0n) is 14.4. The molecule has 0 amide bonds. The van der Waals surface area contributed by atoms with Crippen molar-refractivity contribution in [2.24, 2.45) is 11.8 Å². The van der Waals surface area contributed by atoms with E-state index >= 15 is 0 Å². The van der Waals surface area contributed by atoms with Gasteiger partial charge in [0.2, 0.25) is 0 Å². The molecule has 2 aromatic rings. The van der Waals surface area contributed by atoms with Gasteiger partial charge in [-0.1, -0.05) is 13.8 Å². The van der Waals surface area contributed by atoms with Crippen LogP contribution in [-0.2, 0) is 0 Å². The summed E-state index contributed by atoms with van der Waals surface area (Å²) >= 11 is 0. The minimum absolute atomic E-state index is 0.311. The molecule has 2 unspecified atom stereocenters. The van der Waals surface area contributed by atoms with Gasteiger partial charge in [-0.05, 0) is 6.07 Å². The summed E-state index contributed by atoms with van der Waals surface area (Å²) in [6, 6.07) is 3.43. The second-order valence-corrected chi connectivity index (χ2v) is 7.23. The molecule has 0 bridgehead atoms. The number of hydrogen-bond acceptors (Lipinski definition) is 6.